The number of carboxylic acid groups (broad SMARTS) is 1. The van der Waals surface area contributed by atoms with Gasteiger partial charge in [0, 0.05) is 19.2 Å². The van der Waals surface area contributed by atoms with Gasteiger partial charge in [-0.1, -0.05) is 0 Å². The molecule has 17 heavy (non-hydrogen) atoms. The van der Waals surface area contributed by atoms with Gasteiger partial charge in [-0.3, -0.25) is 0 Å². The molecule has 0 amide bonds. The summed E-state index contributed by atoms with van der Waals surface area (Å²) in [6.07, 6.45) is 10.5. The monoisotopic (exact) mass is 233 g/mol. The maximum absolute atomic E-state index is 10.9. The molecule has 0 bridgehead atoms. The number of terminal acetylenes is 1. The van der Waals surface area contributed by atoms with Gasteiger partial charge in [0.15, 0.2) is 0 Å². The Morgan fingerprint density at radius 2 is 2.35 bits per heavy atom. The summed E-state index contributed by atoms with van der Waals surface area (Å²) < 4.78 is 0. The Balaban J connectivity index is 2.37. The van der Waals surface area contributed by atoms with Crippen LogP contribution in [-0.4, -0.2) is 27.6 Å². The molecule has 1 aromatic rings. The highest BCUT2D eigenvalue weighted by Crippen LogP contribution is 2.03. The van der Waals surface area contributed by atoms with Crippen LogP contribution in [-0.2, 0) is 6.54 Å². The first-order valence-corrected chi connectivity index (χ1v) is 5.42. The Labute approximate surface area is 100 Å². The van der Waals surface area contributed by atoms with E-state index in [9.17, 15) is 4.79 Å². The number of nitrogens with zero attached hydrogens (tertiary/aromatic N) is 2. The lowest BCUT2D eigenvalue weighted by molar-refractivity contribution is 0.0694. The first-order chi connectivity index (χ1) is 8.25. The van der Waals surface area contributed by atoms with Crippen LogP contribution in [0.25, 0.3) is 0 Å². The van der Waals surface area contributed by atoms with E-state index in [0.717, 1.165) is 25.8 Å². The molecule has 0 saturated heterocycles. The summed E-state index contributed by atoms with van der Waals surface area (Å²) in [5.74, 6) is 1.57. The number of aromatic carboxylic acids is 1. The second-order valence-electron chi connectivity index (χ2n) is 3.53. The van der Waals surface area contributed by atoms with E-state index in [2.05, 4.69) is 21.2 Å². The normalized spacial score (nSPS) is 9.82. The van der Waals surface area contributed by atoms with Crippen LogP contribution in [0.5, 0.6) is 0 Å². The molecule has 1 rings (SSSR count). The van der Waals surface area contributed by atoms with Crippen molar-refractivity contribution in [3.05, 3.63) is 23.8 Å². The molecule has 0 atom stereocenters. The number of carboxylic acids is 1. The van der Waals surface area contributed by atoms with Gasteiger partial charge < -0.3 is 10.4 Å². The van der Waals surface area contributed by atoms with Gasteiger partial charge in [-0.15, -0.1) is 12.3 Å². The average molecular weight is 233 g/mol. The lowest BCUT2D eigenvalue weighted by Gasteiger charge is -2.05. The zero-order valence-corrected chi connectivity index (χ0v) is 9.52. The van der Waals surface area contributed by atoms with E-state index in [0.29, 0.717) is 12.2 Å². The maximum Gasteiger partial charge on any atom is 0.339 e. The Kier molecular flexibility index (Phi) is 5.69. The predicted molar refractivity (Wildman–Crippen MR) is 63.4 cm³/mol. The second-order valence-corrected chi connectivity index (χ2v) is 3.53. The summed E-state index contributed by atoms with van der Waals surface area (Å²) in [6, 6.07) is 0. The molecule has 5 heteroatoms. The first kappa shape index (κ1) is 13.1. The van der Waals surface area contributed by atoms with Crippen LogP contribution in [0, 0.1) is 12.3 Å². The Bertz CT molecular complexity index is 412. The number of carbonyl (C=O) groups is 1. The Hall–Kier alpha value is -1.93. The Morgan fingerprint density at radius 1 is 1.53 bits per heavy atom. The molecule has 0 radical (unpaired) electrons. The number of rotatable bonds is 7. The lowest BCUT2D eigenvalue weighted by atomic mass is 10.2. The summed E-state index contributed by atoms with van der Waals surface area (Å²) in [6.45, 7) is 1.23. The van der Waals surface area contributed by atoms with Gasteiger partial charge in [0.1, 0.15) is 11.9 Å². The van der Waals surface area contributed by atoms with E-state index in [1.807, 2.05) is 0 Å². The van der Waals surface area contributed by atoms with Gasteiger partial charge in [0.2, 0.25) is 0 Å². The third-order valence-corrected chi connectivity index (χ3v) is 2.24. The minimum absolute atomic E-state index is 0.142. The largest absolute Gasteiger partial charge is 0.478 e. The molecule has 0 spiro atoms. The van der Waals surface area contributed by atoms with Gasteiger partial charge >= 0.3 is 5.97 Å². The number of hydrogen-bond acceptors (Lipinski definition) is 4. The van der Waals surface area contributed by atoms with Crippen LogP contribution in [0.3, 0.4) is 0 Å². The molecule has 1 aromatic heterocycles. The fourth-order valence-electron chi connectivity index (χ4n) is 1.36. The van der Waals surface area contributed by atoms with Crippen molar-refractivity contribution in [3.8, 4) is 12.3 Å². The van der Waals surface area contributed by atoms with Gasteiger partial charge in [0.25, 0.3) is 0 Å². The summed E-state index contributed by atoms with van der Waals surface area (Å²) in [5, 5.41) is 12.0. The third kappa shape index (κ3) is 4.62. The Morgan fingerprint density at radius 3 is 3.06 bits per heavy atom. The van der Waals surface area contributed by atoms with Crippen LogP contribution in [0.15, 0.2) is 12.5 Å². The van der Waals surface area contributed by atoms with Crippen LogP contribution < -0.4 is 5.32 Å². The van der Waals surface area contributed by atoms with Crippen LogP contribution in [0.2, 0.25) is 0 Å². The smallest absolute Gasteiger partial charge is 0.339 e. The van der Waals surface area contributed by atoms with Crippen molar-refractivity contribution in [2.45, 2.75) is 25.8 Å². The molecule has 0 aliphatic rings. The van der Waals surface area contributed by atoms with Crippen LogP contribution in [0.1, 0.15) is 35.3 Å². The van der Waals surface area contributed by atoms with Crippen molar-refractivity contribution >= 4 is 5.97 Å². The number of hydrogen-bond donors (Lipinski definition) is 2. The van der Waals surface area contributed by atoms with Crippen molar-refractivity contribution < 1.29 is 9.90 Å². The highest BCUT2D eigenvalue weighted by molar-refractivity contribution is 5.88. The standard InChI is InChI=1S/C12H15N3O2/c1-2-3-4-5-6-13-8-11-10(12(16)17)7-14-9-15-11/h1,7,9,13H,3-6,8H2,(H,16,17). The highest BCUT2D eigenvalue weighted by Gasteiger charge is 2.10. The van der Waals surface area contributed by atoms with E-state index in [1.165, 1.54) is 12.5 Å². The molecule has 0 unspecified atom stereocenters. The van der Waals surface area contributed by atoms with Crippen LogP contribution >= 0.6 is 0 Å². The SMILES string of the molecule is C#CCCCCNCc1ncncc1C(=O)O. The van der Waals surface area contributed by atoms with E-state index in [4.69, 9.17) is 11.5 Å². The molecule has 0 aliphatic carbocycles. The van der Waals surface area contributed by atoms with Gasteiger partial charge in [0.05, 0.1) is 5.69 Å². The summed E-state index contributed by atoms with van der Waals surface area (Å²) in [7, 11) is 0. The van der Waals surface area contributed by atoms with Gasteiger partial charge in [-0.2, -0.15) is 0 Å². The molecule has 1 heterocycles. The summed E-state index contributed by atoms with van der Waals surface area (Å²) >= 11 is 0. The summed E-state index contributed by atoms with van der Waals surface area (Å²) in [4.78, 5) is 18.5. The summed E-state index contributed by atoms with van der Waals surface area (Å²) in [5.41, 5.74) is 0.646. The minimum atomic E-state index is -1.00. The van der Waals surface area contributed by atoms with Gasteiger partial charge in [-0.05, 0) is 19.4 Å². The third-order valence-electron chi connectivity index (χ3n) is 2.24. The van der Waals surface area contributed by atoms with Crippen molar-refractivity contribution in [1.82, 2.24) is 15.3 Å². The maximum atomic E-state index is 10.9. The number of unbranched alkanes of at least 4 members (excludes halogenated alkanes) is 2. The number of aromatic nitrogens is 2. The lowest BCUT2D eigenvalue weighted by Crippen LogP contribution is -2.18. The molecule has 0 saturated carbocycles. The molecule has 0 aliphatic heterocycles. The van der Waals surface area contributed by atoms with Gasteiger partial charge in [-0.25, -0.2) is 14.8 Å². The van der Waals surface area contributed by atoms with Crippen molar-refractivity contribution in [1.29, 1.82) is 0 Å². The molecule has 5 nitrogen and oxygen atoms in total. The zero-order valence-electron chi connectivity index (χ0n) is 9.52. The molecule has 0 aromatic carbocycles. The molecular weight excluding hydrogens is 218 g/mol. The van der Waals surface area contributed by atoms with Crippen molar-refractivity contribution in [3.63, 3.8) is 0 Å². The van der Waals surface area contributed by atoms with Crippen molar-refractivity contribution in [2.24, 2.45) is 0 Å². The van der Waals surface area contributed by atoms with E-state index < -0.39 is 5.97 Å². The zero-order chi connectivity index (χ0) is 12.5. The van der Waals surface area contributed by atoms with E-state index in [1.54, 1.807) is 0 Å². The highest BCUT2D eigenvalue weighted by atomic mass is 16.4. The molecule has 2 N–H and O–H groups in total. The second kappa shape index (κ2) is 7.36. The first-order valence-electron chi connectivity index (χ1n) is 5.42. The van der Waals surface area contributed by atoms with Crippen LogP contribution in [0.4, 0.5) is 0 Å². The average Bonchev–Trinajstić information content (AvgIpc) is 2.34. The molecule has 0 fully saturated rings. The van der Waals surface area contributed by atoms with E-state index >= 15 is 0 Å². The van der Waals surface area contributed by atoms with E-state index in [-0.39, 0.29) is 5.56 Å². The quantitative estimate of drug-likeness (QED) is 0.544. The number of nitrogens with one attached hydrogen (secondary N) is 1. The topological polar surface area (TPSA) is 75.1 Å². The molecular formula is C12H15N3O2. The van der Waals surface area contributed by atoms with Crippen molar-refractivity contribution in [2.75, 3.05) is 6.54 Å². The fourth-order valence-corrected chi connectivity index (χ4v) is 1.36. The predicted octanol–water partition coefficient (Wildman–Crippen LogP) is 1.07. The minimum Gasteiger partial charge on any atom is -0.478 e. The molecule has 90 valence electrons. The fraction of sp³-hybridized carbons (Fsp3) is 0.417.